The molecule has 0 saturated carbocycles. The molecule has 0 bridgehead atoms. The highest BCUT2D eigenvalue weighted by Crippen LogP contribution is 2.33. The highest BCUT2D eigenvalue weighted by atomic mass is 32.1. The van der Waals surface area contributed by atoms with Gasteiger partial charge in [-0.25, -0.2) is 14.2 Å². The SMILES string of the molecule is CCOC(=O)C1=C(C)N=c2s/c(=C/c3cc(C)n(-c4ccc(F)cc4)c3C)c(=O)n2C1c1cccs1. The zero-order valence-electron chi connectivity index (χ0n) is 20.2. The van der Waals surface area contributed by atoms with Crippen LogP contribution in [0.15, 0.2) is 68.9 Å². The van der Waals surface area contributed by atoms with Crippen molar-refractivity contribution in [3.8, 4) is 5.69 Å². The number of hydrogen-bond acceptors (Lipinski definition) is 6. The molecule has 0 spiro atoms. The number of halogens is 1. The molecule has 4 heterocycles. The standard InChI is InChI=1S/C27H24FN3O3S2/c1-5-34-26(33)23-16(3)29-27-31(24(23)21-7-6-12-35-21)25(32)22(36-27)14-18-13-15(2)30(17(18)4)20-10-8-19(28)9-11-20/h6-14,24H,5H2,1-4H3/b22-14+. The second-order valence-electron chi connectivity index (χ2n) is 8.46. The third-order valence-corrected chi connectivity index (χ3v) is 8.08. The van der Waals surface area contributed by atoms with Crippen molar-refractivity contribution in [2.75, 3.05) is 6.61 Å². The average molecular weight is 522 g/mol. The van der Waals surface area contributed by atoms with Gasteiger partial charge in [0.25, 0.3) is 5.56 Å². The van der Waals surface area contributed by atoms with Crippen molar-refractivity contribution >= 4 is 34.7 Å². The van der Waals surface area contributed by atoms with E-state index in [9.17, 15) is 14.0 Å². The van der Waals surface area contributed by atoms with E-state index in [0.717, 1.165) is 27.5 Å². The molecule has 1 aliphatic rings. The van der Waals surface area contributed by atoms with E-state index in [4.69, 9.17) is 4.74 Å². The van der Waals surface area contributed by atoms with Gasteiger partial charge in [-0.1, -0.05) is 17.4 Å². The Hall–Kier alpha value is -3.56. The molecule has 1 aromatic carbocycles. The molecule has 0 aliphatic carbocycles. The number of ether oxygens (including phenoxy) is 1. The number of aromatic nitrogens is 2. The number of rotatable bonds is 5. The fraction of sp³-hybridized carbons (Fsp3) is 0.222. The molecule has 4 aromatic rings. The minimum Gasteiger partial charge on any atom is -0.463 e. The topological polar surface area (TPSA) is 65.6 Å². The Kier molecular flexibility index (Phi) is 6.36. The zero-order chi connectivity index (χ0) is 25.6. The van der Waals surface area contributed by atoms with E-state index in [0.29, 0.717) is 20.6 Å². The fourth-order valence-corrected chi connectivity index (χ4v) is 6.43. The van der Waals surface area contributed by atoms with Crippen molar-refractivity contribution < 1.29 is 13.9 Å². The number of esters is 1. The van der Waals surface area contributed by atoms with Crippen LogP contribution in [0.5, 0.6) is 0 Å². The summed E-state index contributed by atoms with van der Waals surface area (Å²) >= 11 is 2.78. The van der Waals surface area contributed by atoms with Crippen LogP contribution in [0.1, 0.15) is 41.7 Å². The molecule has 0 radical (unpaired) electrons. The van der Waals surface area contributed by atoms with E-state index in [2.05, 4.69) is 4.99 Å². The summed E-state index contributed by atoms with van der Waals surface area (Å²) in [5, 5.41) is 1.92. The van der Waals surface area contributed by atoms with Gasteiger partial charge in [0, 0.05) is 22.0 Å². The Bertz CT molecular complexity index is 1670. The smallest absolute Gasteiger partial charge is 0.338 e. The monoisotopic (exact) mass is 521 g/mol. The number of thiazole rings is 1. The van der Waals surface area contributed by atoms with Crippen molar-refractivity contribution in [2.24, 2.45) is 4.99 Å². The van der Waals surface area contributed by atoms with E-state index in [-0.39, 0.29) is 18.0 Å². The summed E-state index contributed by atoms with van der Waals surface area (Å²) in [6.45, 7) is 7.71. The van der Waals surface area contributed by atoms with E-state index >= 15 is 0 Å². The Morgan fingerprint density at radius 2 is 1.94 bits per heavy atom. The van der Waals surface area contributed by atoms with Crippen LogP contribution in [0.4, 0.5) is 4.39 Å². The van der Waals surface area contributed by atoms with Crippen LogP contribution in [0.25, 0.3) is 11.8 Å². The molecular weight excluding hydrogens is 497 g/mol. The lowest BCUT2D eigenvalue weighted by molar-refractivity contribution is -0.139. The van der Waals surface area contributed by atoms with Crippen LogP contribution in [-0.4, -0.2) is 21.7 Å². The first-order valence-electron chi connectivity index (χ1n) is 11.5. The van der Waals surface area contributed by atoms with Crippen molar-refractivity contribution in [1.29, 1.82) is 0 Å². The Balaban J connectivity index is 1.67. The van der Waals surface area contributed by atoms with Crippen LogP contribution in [-0.2, 0) is 9.53 Å². The number of hydrogen-bond donors (Lipinski definition) is 0. The summed E-state index contributed by atoms with van der Waals surface area (Å²) in [6.07, 6.45) is 1.86. The summed E-state index contributed by atoms with van der Waals surface area (Å²) in [4.78, 5) is 32.7. The zero-order valence-corrected chi connectivity index (χ0v) is 21.9. The molecule has 1 unspecified atom stereocenters. The van der Waals surface area contributed by atoms with Crippen LogP contribution in [0.3, 0.4) is 0 Å². The van der Waals surface area contributed by atoms with Crippen LogP contribution in [0, 0.1) is 19.7 Å². The minimum absolute atomic E-state index is 0.210. The maximum Gasteiger partial charge on any atom is 0.338 e. The van der Waals surface area contributed by atoms with E-state index in [1.807, 2.05) is 48.1 Å². The van der Waals surface area contributed by atoms with E-state index in [1.54, 1.807) is 30.5 Å². The molecule has 1 aliphatic heterocycles. The molecule has 1 atom stereocenters. The second kappa shape index (κ2) is 9.48. The summed E-state index contributed by atoms with van der Waals surface area (Å²) in [5.74, 6) is -0.755. The lowest BCUT2D eigenvalue weighted by Gasteiger charge is -2.23. The Labute approximate surface area is 214 Å². The summed E-state index contributed by atoms with van der Waals surface area (Å²) < 4.78 is 22.9. The molecule has 0 fully saturated rings. The lowest BCUT2D eigenvalue weighted by Crippen LogP contribution is -2.39. The minimum atomic E-state index is -0.589. The van der Waals surface area contributed by atoms with Crippen molar-refractivity contribution in [2.45, 2.75) is 33.7 Å². The van der Waals surface area contributed by atoms with Gasteiger partial charge in [0.15, 0.2) is 4.80 Å². The number of carbonyl (C=O) groups is 1. The molecule has 0 N–H and O–H groups in total. The molecule has 0 saturated heterocycles. The summed E-state index contributed by atoms with van der Waals surface area (Å²) in [7, 11) is 0. The summed E-state index contributed by atoms with van der Waals surface area (Å²) in [6, 6.07) is 11.6. The number of thiophene rings is 1. The highest BCUT2D eigenvalue weighted by molar-refractivity contribution is 7.10. The summed E-state index contributed by atoms with van der Waals surface area (Å²) in [5.41, 5.74) is 4.36. The van der Waals surface area contributed by atoms with Gasteiger partial charge in [0.05, 0.1) is 22.4 Å². The fourth-order valence-electron chi connectivity index (χ4n) is 4.57. The number of nitrogens with zero attached hydrogens (tertiary/aromatic N) is 3. The number of aryl methyl sites for hydroxylation is 1. The third-order valence-electron chi connectivity index (χ3n) is 6.17. The first-order valence-corrected chi connectivity index (χ1v) is 13.2. The van der Waals surface area contributed by atoms with Gasteiger partial charge in [-0.05, 0) is 81.1 Å². The van der Waals surface area contributed by atoms with Crippen molar-refractivity contribution in [3.63, 3.8) is 0 Å². The van der Waals surface area contributed by atoms with Crippen LogP contribution < -0.4 is 14.9 Å². The van der Waals surface area contributed by atoms with Crippen LogP contribution >= 0.6 is 22.7 Å². The first kappa shape index (κ1) is 24.1. The molecule has 5 rings (SSSR count). The predicted octanol–water partition coefficient (Wildman–Crippen LogP) is 4.41. The average Bonchev–Trinajstić information content (AvgIpc) is 3.54. The lowest BCUT2D eigenvalue weighted by atomic mass is 10.0. The van der Waals surface area contributed by atoms with Gasteiger partial charge in [-0.2, -0.15) is 0 Å². The highest BCUT2D eigenvalue weighted by Gasteiger charge is 2.33. The molecule has 0 amide bonds. The number of fused-ring (bicyclic) bond motifs is 1. The van der Waals surface area contributed by atoms with Gasteiger partial charge >= 0.3 is 5.97 Å². The molecule has 184 valence electrons. The molecule has 3 aromatic heterocycles. The maximum atomic E-state index is 13.7. The normalized spacial score (nSPS) is 15.7. The molecular formula is C27H24FN3O3S2. The predicted molar refractivity (Wildman–Crippen MR) is 140 cm³/mol. The number of benzene rings is 1. The van der Waals surface area contributed by atoms with Gasteiger partial charge < -0.3 is 9.30 Å². The maximum absolute atomic E-state index is 13.7. The van der Waals surface area contributed by atoms with E-state index in [1.165, 1.54) is 34.8 Å². The Morgan fingerprint density at radius 3 is 2.61 bits per heavy atom. The van der Waals surface area contributed by atoms with Gasteiger partial charge in [0.2, 0.25) is 0 Å². The van der Waals surface area contributed by atoms with Crippen molar-refractivity contribution in [1.82, 2.24) is 9.13 Å². The quantitative estimate of drug-likeness (QED) is 0.366. The Morgan fingerprint density at radius 1 is 1.19 bits per heavy atom. The van der Waals surface area contributed by atoms with Crippen LogP contribution in [0.2, 0.25) is 0 Å². The van der Waals surface area contributed by atoms with Crippen molar-refractivity contribution in [3.05, 3.63) is 106 Å². The number of allylic oxidation sites excluding steroid dienone is 1. The molecule has 6 nitrogen and oxygen atoms in total. The first-order chi connectivity index (χ1) is 17.3. The second-order valence-corrected chi connectivity index (χ2v) is 10.4. The number of carbonyl (C=O) groups excluding carboxylic acids is 1. The molecule has 9 heteroatoms. The van der Waals surface area contributed by atoms with Gasteiger partial charge in [-0.3, -0.25) is 9.36 Å². The van der Waals surface area contributed by atoms with Gasteiger partial charge in [-0.15, -0.1) is 11.3 Å². The van der Waals surface area contributed by atoms with E-state index < -0.39 is 12.0 Å². The van der Waals surface area contributed by atoms with Gasteiger partial charge in [0.1, 0.15) is 11.9 Å². The largest absolute Gasteiger partial charge is 0.463 e. The third kappa shape index (κ3) is 4.08. The molecule has 36 heavy (non-hydrogen) atoms.